The minimum Gasteiger partial charge on any atom is -0.496 e. The fraction of sp³-hybridized carbons (Fsp3) is 0.412. The molecule has 0 aliphatic carbocycles. The van der Waals surface area contributed by atoms with E-state index in [1.165, 1.54) is 4.90 Å². The lowest BCUT2D eigenvalue weighted by Crippen LogP contribution is -2.47. The zero-order valence-corrected chi connectivity index (χ0v) is 15.6. The molecule has 2 rings (SSSR count). The van der Waals surface area contributed by atoms with E-state index in [9.17, 15) is 9.59 Å². The van der Waals surface area contributed by atoms with Crippen molar-refractivity contribution in [2.45, 2.75) is 32.9 Å². The fourth-order valence-electron chi connectivity index (χ4n) is 2.29. The highest BCUT2D eigenvalue weighted by Crippen LogP contribution is 2.20. The second-order valence-electron chi connectivity index (χ2n) is 6.56. The maximum atomic E-state index is 12.7. The summed E-state index contributed by atoms with van der Waals surface area (Å²) in [5.74, 6) is 0.0792. The van der Waals surface area contributed by atoms with Crippen LogP contribution in [-0.4, -0.2) is 45.5 Å². The van der Waals surface area contributed by atoms with Gasteiger partial charge in [0, 0.05) is 16.5 Å². The molecule has 1 heterocycles. The molecule has 0 unspecified atom stereocenters. The number of nitrogens with one attached hydrogen (secondary N) is 1. The normalized spacial score (nSPS) is 11.0. The molecule has 0 bridgehead atoms. The maximum Gasteiger partial charge on any atom is 0.276 e. The topological polar surface area (TPSA) is 84.4 Å². The predicted molar refractivity (Wildman–Crippen MR) is 95.5 cm³/mol. The van der Waals surface area contributed by atoms with Crippen LogP contribution >= 0.6 is 11.5 Å². The summed E-state index contributed by atoms with van der Waals surface area (Å²) in [5, 5.41) is 8.25. The lowest BCUT2D eigenvalue weighted by Gasteiger charge is -2.26. The standard InChI is InChI=1S/C17H22N4O3S/c1-17(2,3)18-15(22)10-21(16(23)13-11-25-20-19-13)9-12-7-5-6-8-14(12)24-4/h5-8,11H,9-10H2,1-4H3,(H,18,22). The second kappa shape index (κ2) is 8.06. The van der Waals surface area contributed by atoms with Gasteiger partial charge in [-0.2, -0.15) is 0 Å². The number of carbonyl (C=O) groups is 2. The molecule has 0 spiro atoms. The van der Waals surface area contributed by atoms with Crippen LogP contribution in [0.4, 0.5) is 0 Å². The minimum absolute atomic E-state index is 0.0777. The van der Waals surface area contributed by atoms with Crippen LogP contribution < -0.4 is 10.1 Å². The van der Waals surface area contributed by atoms with E-state index in [1.54, 1.807) is 12.5 Å². The summed E-state index contributed by atoms with van der Waals surface area (Å²) in [6.45, 7) is 5.83. The number of benzene rings is 1. The Morgan fingerprint density at radius 1 is 1.28 bits per heavy atom. The highest BCUT2D eigenvalue weighted by Gasteiger charge is 2.24. The average molecular weight is 362 g/mol. The summed E-state index contributed by atoms with van der Waals surface area (Å²) in [5.41, 5.74) is 0.659. The molecule has 2 aromatic rings. The first-order chi connectivity index (χ1) is 11.8. The van der Waals surface area contributed by atoms with Gasteiger partial charge in [-0.05, 0) is 38.4 Å². The van der Waals surface area contributed by atoms with Crippen LogP contribution in [-0.2, 0) is 11.3 Å². The van der Waals surface area contributed by atoms with Crippen molar-refractivity contribution in [1.82, 2.24) is 19.8 Å². The zero-order valence-electron chi connectivity index (χ0n) is 14.8. The Balaban J connectivity index is 2.22. The molecule has 0 saturated carbocycles. The number of ether oxygens (including phenoxy) is 1. The van der Waals surface area contributed by atoms with E-state index in [4.69, 9.17) is 4.74 Å². The summed E-state index contributed by atoms with van der Waals surface area (Å²) in [6.07, 6.45) is 0. The smallest absolute Gasteiger partial charge is 0.276 e. The summed E-state index contributed by atoms with van der Waals surface area (Å²) in [7, 11) is 1.57. The van der Waals surface area contributed by atoms with E-state index >= 15 is 0 Å². The van der Waals surface area contributed by atoms with Gasteiger partial charge in [-0.1, -0.05) is 22.7 Å². The first-order valence-electron chi connectivity index (χ1n) is 7.79. The molecule has 0 aliphatic rings. The van der Waals surface area contributed by atoms with Crippen LogP contribution in [0.25, 0.3) is 0 Å². The molecule has 1 aromatic carbocycles. The van der Waals surface area contributed by atoms with E-state index in [-0.39, 0.29) is 36.1 Å². The highest BCUT2D eigenvalue weighted by atomic mass is 32.1. The number of hydrogen-bond donors (Lipinski definition) is 1. The zero-order chi connectivity index (χ0) is 18.4. The number of aromatic nitrogens is 2. The van der Waals surface area contributed by atoms with Crippen molar-refractivity contribution >= 4 is 23.3 Å². The van der Waals surface area contributed by atoms with Crippen molar-refractivity contribution in [2.24, 2.45) is 0 Å². The molecule has 8 heteroatoms. The maximum absolute atomic E-state index is 12.7. The third-order valence-electron chi connectivity index (χ3n) is 3.27. The molecule has 1 N–H and O–H groups in total. The van der Waals surface area contributed by atoms with E-state index < -0.39 is 0 Å². The van der Waals surface area contributed by atoms with E-state index in [2.05, 4.69) is 14.9 Å². The lowest BCUT2D eigenvalue weighted by atomic mass is 10.1. The number of carbonyl (C=O) groups excluding carboxylic acids is 2. The van der Waals surface area contributed by atoms with Gasteiger partial charge in [0.1, 0.15) is 12.3 Å². The first kappa shape index (κ1) is 18.9. The van der Waals surface area contributed by atoms with Crippen molar-refractivity contribution in [3.8, 4) is 5.75 Å². The first-order valence-corrected chi connectivity index (χ1v) is 8.63. The van der Waals surface area contributed by atoms with E-state index in [1.807, 2.05) is 45.0 Å². The molecule has 0 saturated heterocycles. The second-order valence-corrected chi connectivity index (χ2v) is 7.17. The Labute approximate surface area is 151 Å². The predicted octanol–water partition coefficient (Wildman–Crippen LogP) is 2.10. The van der Waals surface area contributed by atoms with Crippen LogP contribution in [0.3, 0.4) is 0 Å². The van der Waals surface area contributed by atoms with Gasteiger partial charge in [0.15, 0.2) is 5.69 Å². The molecular weight excluding hydrogens is 340 g/mol. The average Bonchev–Trinajstić information content (AvgIpc) is 3.06. The Hall–Kier alpha value is -2.48. The summed E-state index contributed by atoms with van der Waals surface area (Å²) in [4.78, 5) is 26.5. The number of rotatable bonds is 6. The van der Waals surface area contributed by atoms with E-state index in [0.717, 1.165) is 17.1 Å². The SMILES string of the molecule is COc1ccccc1CN(CC(=O)NC(C)(C)C)C(=O)c1csnn1. The van der Waals surface area contributed by atoms with Crippen molar-refractivity contribution in [3.63, 3.8) is 0 Å². The Morgan fingerprint density at radius 2 is 2.00 bits per heavy atom. The summed E-state index contributed by atoms with van der Waals surface area (Å²) < 4.78 is 9.06. The van der Waals surface area contributed by atoms with Crippen molar-refractivity contribution in [1.29, 1.82) is 0 Å². The van der Waals surface area contributed by atoms with Crippen LogP contribution in [0.1, 0.15) is 36.8 Å². The van der Waals surface area contributed by atoms with Gasteiger partial charge in [0.05, 0.1) is 13.7 Å². The molecule has 2 amide bonds. The molecule has 0 fully saturated rings. The molecule has 0 atom stereocenters. The molecule has 1 aromatic heterocycles. The number of amides is 2. The molecule has 0 radical (unpaired) electrons. The largest absolute Gasteiger partial charge is 0.496 e. The Morgan fingerprint density at radius 3 is 2.60 bits per heavy atom. The van der Waals surface area contributed by atoms with Gasteiger partial charge in [-0.25, -0.2) is 0 Å². The van der Waals surface area contributed by atoms with Gasteiger partial charge in [-0.3, -0.25) is 9.59 Å². The Bertz CT molecular complexity index is 726. The van der Waals surface area contributed by atoms with Gasteiger partial charge in [0.2, 0.25) is 5.91 Å². The summed E-state index contributed by atoms with van der Waals surface area (Å²) in [6, 6.07) is 7.39. The van der Waals surface area contributed by atoms with Crippen molar-refractivity contribution < 1.29 is 14.3 Å². The van der Waals surface area contributed by atoms with Crippen LogP contribution in [0.15, 0.2) is 29.6 Å². The number of methoxy groups -OCH3 is 1. The molecule has 7 nitrogen and oxygen atoms in total. The minimum atomic E-state index is -0.377. The van der Waals surface area contributed by atoms with Gasteiger partial charge in [0.25, 0.3) is 5.91 Å². The number of para-hydroxylation sites is 1. The van der Waals surface area contributed by atoms with Gasteiger partial charge < -0.3 is 15.0 Å². The third kappa shape index (κ3) is 5.53. The molecule has 25 heavy (non-hydrogen) atoms. The quantitative estimate of drug-likeness (QED) is 0.851. The number of hydrogen-bond acceptors (Lipinski definition) is 6. The molecule has 0 aliphatic heterocycles. The number of nitrogens with zero attached hydrogens (tertiary/aromatic N) is 3. The lowest BCUT2D eigenvalue weighted by molar-refractivity contribution is -0.123. The van der Waals surface area contributed by atoms with Crippen LogP contribution in [0, 0.1) is 0 Å². The van der Waals surface area contributed by atoms with Crippen molar-refractivity contribution in [3.05, 3.63) is 40.9 Å². The van der Waals surface area contributed by atoms with Gasteiger partial charge in [-0.15, -0.1) is 5.10 Å². The molecule has 134 valence electrons. The van der Waals surface area contributed by atoms with E-state index in [0.29, 0.717) is 5.75 Å². The molecular formula is C17H22N4O3S. The Kier molecular flexibility index (Phi) is 6.08. The monoisotopic (exact) mass is 362 g/mol. The fourth-order valence-corrected chi connectivity index (χ4v) is 2.72. The highest BCUT2D eigenvalue weighted by molar-refractivity contribution is 7.03. The van der Waals surface area contributed by atoms with Crippen LogP contribution in [0.2, 0.25) is 0 Å². The summed E-state index contributed by atoms with van der Waals surface area (Å²) >= 11 is 1.09. The van der Waals surface area contributed by atoms with Gasteiger partial charge >= 0.3 is 0 Å². The van der Waals surface area contributed by atoms with Crippen molar-refractivity contribution in [2.75, 3.05) is 13.7 Å². The third-order valence-corrected chi connectivity index (χ3v) is 3.77. The van der Waals surface area contributed by atoms with Crippen LogP contribution in [0.5, 0.6) is 5.75 Å².